The molecule has 0 amide bonds. The summed E-state index contributed by atoms with van der Waals surface area (Å²) >= 11 is 1.82. The third-order valence-electron chi connectivity index (χ3n) is 2.45. The Morgan fingerprint density at radius 2 is 2.13 bits per heavy atom. The summed E-state index contributed by atoms with van der Waals surface area (Å²) in [7, 11) is 0. The first-order chi connectivity index (χ1) is 7.40. The summed E-state index contributed by atoms with van der Waals surface area (Å²) in [6.07, 6.45) is 7.48. The molecule has 0 spiro atoms. The molecule has 0 aliphatic heterocycles. The monoisotopic (exact) mass is 215 g/mol. The molecule has 1 radical (unpaired) electrons. The van der Waals surface area contributed by atoms with Gasteiger partial charge in [0.25, 0.3) is 0 Å². The van der Waals surface area contributed by atoms with Gasteiger partial charge < -0.3 is 0 Å². The van der Waals surface area contributed by atoms with Gasteiger partial charge >= 0.3 is 0 Å². The average Bonchev–Trinajstić information content (AvgIpc) is 2.71. The van der Waals surface area contributed by atoms with Crippen molar-refractivity contribution in [3.05, 3.63) is 54.3 Å². The van der Waals surface area contributed by atoms with Gasteiger partial charge in [0, 0.05) is 4.70 Å². The molecule has 0 atom stereocenters. The third kappa shape index (κ3) is 2.69. The lowest BCUT2D eigenvalue weighted by Gasteiger charge is -1.98. The van der Waals surface area contributed by atoms with E-state index in [0.29, 0.717) is 0 Å². The predicted molar refractivity (Wildman–Crippen MR) is 69.3 cm³/mol. The number of allylic oxidation sites excluding steroid dienone is 2. The molecule has 1 heterocycles. The van der Waals surface area contributed by atoms with Crippen molar-refractivity contribution >= 4 is 21.4 Å². The van der Waals surface area contributed by atoms with E-state index in [-0.39, 0.29) is 0 Å². The van der Waals surface area contributed by atoms with Crippen LogP contribution in [0.5, 0.6) is 0 Å². The van der Waals surface area contributed by atoms with E-state index < -0.39 is 0 Å². The Kier molecular flexibility index (Phi) is 3.57. The van der Waals surface area contributed by atoms with Gasteiger partial charge in [-0.1, -0.05) is 24.3 Å². The molecule has 15 heavy (non-hydrogen) atoms. The van der Waals surface area contributed by atoms with Gasteiger partial charge in [-0.05, 0) is 54.6 Å². The molecule has 0 saturated heterocycles. The molecule has 0 fully saturated rings. The minimum absolute atomic E-state index is 0.893. The van der Waals surface area contributed by atoms with Crippen LogP contribution in [-0.4, -0.2) is 0 Å². The SMILES string of the molecule is [CH2]CC=CCCc1ccc2ccsc2c1. The summed E-state index contributed by atoms with van der Waals surface area (Å²) < 4.78 is 1.40. The average molecular weight is 215 g/mol. The van der Waals surface area contributed by atoms with Crippen molar-refractivity contribution in [2.75, 3.05) is 0 Å². The Bertz CT molecular complexity index is 451. The van der Waals surface area contributed by atoms with Gasteiger partial charge in [0.15, 0.2) is 0 Å². The van der Waals surface area contributed by atoms with Crippen LogP contribution >= 0.6 is 11.3 Å². The summed E-state index contributed by atoms with van der Waals surface area (Å²) in [6.45, 7) is 3.78. The molecule has 77 valence electrons. The molecular weight excluding hydrogens is 200 g/mol. The largest absolute Gasteiger partial charge is 0.144 e. The number of hydrogen-bond acceptors (Lipinski definition) is 1. The van der Waals surface area contributed by atoms with E-state index in [9.17, 15) is 0 Å². The minimum Gasteiger partial charge on any atom is -0.144 e. The minimum atomic E-state index is 0.893. The van der Waals surface area contributed by atoms with E-state index in [1.165, 1.54) is 15.6 Å². The third-order valence-corrected chi connectivity index (χ3v) is 3.33. The molecule has 1 aromatic carbocycles. The highest BCUT2D eigenvalue weighted by molar-refractivity contribution is 7.17. The molecule has 0 N–H and O–H groups in total. The van der Waals surface area contributed by atoms with Crippen molar-refractivity contribution in [1.29, 1.82) is 0 Å². The van der Waals surface area contributed by atoms with Crippen LogP contribution in [0.25, 0.3) is 10.1 Å². The fraction of sp³-hybridized carbons (Fsp3) is 0.214. The van der Waals surface area contributed by atoms with Crippen LogP contribution in [-0.2, 0) is 6.42 Å². The highest BCUT2D eigenvalue weighted by Gasteiger charge is 1.96. The highest BCUT2D eigenvalue weighted by Crippen LogP contribution is 2.22. The van der Waals surface area contributed by atoms with E-state index in [1.54, 1.807) is 0 Å². The van der Waals surface area contributed by atoms with Crippen LogP contribution in [0.15, 0.2) is 41.8 Å². The molecule has 0 unspecified atom stereocenters. The van der Waals surface area contributed by atoms with Crippen LogP contribution in [0.3, 0.4) is 0 Å². The number of aryl methyl sites for hydroxylation is 1. The topological polar surface area (TPSA) is 0 Å². The molecule has 2 aromatic rings. The van der Waals surface area contributed by atoms with E-state index in [2.05, 4.69) is 48.7 Å². The maximum absolute atomic E-state index is 3.78. The zero-order valence-corrected chi connectivity index (χ0v) is 9.59. The summed E-state index contributed by atoms with van der Waals surface area (Å²) in [5, 5.41) is 3.51. The standard InChI is InChI=1S/C14H15S/c1-2-3-4-5-6-12-7-8-13-9-10-15-14(13)11-12/h3-4,7-11H,1-2,5-6H2. The maximum Gasteiger partial charge on any atom is 0.0345 e. The fourth-order valence-corrected chi connectivity index (χ4v) is 2.49. The quantitative estimate of drug-likeness (QED) is 0.653. The Balaban J connectivity index is 2.04. The number of thiophene rings is 1. The maximum atomic E-state index is 3.78. The molecule has 0 saturated carbocycles. The molecular formula is C14H15S. The fourth-order valence-electron chi connectivity index (χ4n) is 1.64. The van der Waals surface area contributed by atoms with Gasteiger partial charge in [-0.25, -0.2) is 0 Å². The molecule has 0 bridgehead atoms. The van der Waals surface area contributed by atoms with Gasteiger partial charge in [-0.15, -0.1) is 11.3 Å². The lowest BCUT2D eigenvalue weighted by molar-refractivity contribution is 0.999. The Morgan fingerprint density at radius 1 is 1.20 bits per heavy atom. The zero-order valence-electron chi connectivity index (χ0n) is 8.78. The Hall–Kier alpha value is -1.08. The first-order valence-electron chi connectivity index (χ1n) is 5.30. The van der Waals surface area contributed by atoms with Crippen LogP contribution in [0.4, 0.5) is 0 Å². The van der Waals surface area contributed by atoms with Gasteiger partial charge in [-0.2, -0.15) is 0 Å². The van der Waals surface area contributed by atoms with E-state index in [1.807, 2.05) is 11.3 Å². The normalized spacial score (nSPS) is 11.5. The Labute approximate surface area is 95.3 Å². The molecule has 0 nitrogen and oxygen atoms in total. The van der Waals surface area contributed by atoms with Crippen molar-refractivity contribution < 1.29 is 0 Å². The van der Waals surface area contributed by atoms with E-state index in [0.717, 1.165) is 19.3 Å². The molecule has 2 rings (SSSR count). The number of hydrogen-bond donors (Lipinski definition) is 0. The first kappa shape index (κ1) is 10.4. The van der Waals surface area contributed by atoms with Crippen LogP contribution in [0.2, 0.25) is 0 Å². The molecule has 0 aliphatic carbocycles. The Morgan fingerprint density at radius 3 is 3.00 bits per heavy atom. The lowest BCUT2D eigenvalue weighted by atomic mass is 10.1. The second kappa shape index (κ2) is 5.13. The number of rotatable bonds is 4. The highest BCUT2D eigenvalue weighted by atomic mass is 32.1. The zero-order chi connectivity index (χ0) is 10.5. The molecule has 1 aromatic heterocycles. The molecule has 1 heteroatoms. The van der Waals surface area contributed by atoms with Gasteiger partial charge in [0.1, 0.15) is 0 Å². The summed E-state index contributed by atoms with van der Waals surface area (Å²) in [5.74, 6) is 0. The lowest BCUT2D eigenvalue weighted by Crippen LogP contribution is -1.81. The molecule has 0 aliphatic rings. The first-order valence-corrected chi connectivity index (χ1v) is 6.18. The number of benzene rings is 1. The van der Waals surface area contributed by atoms with Crippen LogP contribution < -0.4 is 0 Å². The van der Waals surface area contributed by atoms with Crippen LogP contribution in [0.1, 0.15) is 18.4 Å². The van der Waals surface area contributed by atoms with Gasteiger partial charge in [0.2, 0.25) is 0 Å². The van der Waals surface area contributed by atoms with Crippen molar-refractivity contribution in [1.82, 2.24) is 0 Å². The predicted octanol–water partition coefficient (Wildman–Crippen LogP) is 4.61. The van der Waals surface area contributed by atoms with Crippen molar-refractivity contribution in [3.8, 4) is 0 Å². The summed E-state index contributed by atoms with van der Waals surface area (Å²) in [4.78, 5) is 0. The van der Waals surface area contributed by atoms with Crippen molar-refractivity contribution in [2.24, 2.45) is 0 Å². The summed E-state index contributed by atoms with van der Waals surface area (Å²) in [6, 6.07) is 8.92. The van der Waals surface area contributed by atoms with E-state index >= 15 is 0 Å². The van der Waals surface area contributed by atoms with E-state index in [4.69, 9.17) is 0 Å². The van der Waals surface area contributed by atoms with Crippen LogP contribution in [0, 0.1) is 6.92 Å². The van der Waals surface area contributed by atoms with Gasteiger partial charge in [-0.3, -0.25) is 0 Å². The van der Waals surface area contributed by atoms with Gasteiger partial charge in [0.05, 0.1) is 0 Å². The number of fused-ring (bicyclic) bond motifs is 1. The second-order valence-corrected chi connectivity index (χ2v) is 4.54. The summed E-state index contributed by atoms with van der Waals surface area (Å²) in [5.41, 5.74) is 1.43. The second-order valence-electron chi connectivity index (χ2n) is 3.59. The van der Waals surface area contributed by atoms with Crippen molar-refractivity contribution in [3.63, 3.8) is 0 Å². The smallest absolute Gasteiger partial charge is 0.0345 e. The van der Waals surface area contributed by atoms with Crippen molar-refractivity contribution in [2.45, 2.75) is 19.3 Å².